The average molecular weight is 464 g/mol. The van der Waals surface area contributed by atoms with Crippen LogP contribution in [0.15, 0.2) is 0 Å². The molecule has 0 heterocycles. The number of nitrogens with two attached hydrogens (primary N) is 1. The Morgan fingerprint density at radius 2 is 1.39 bits per heavy atom. The number of esters is 1. The topological polar surface area (TPSA) is 145 Å². The number of rotatable bonds is 19. The minimum absolute atomic E-state index is 0.140. The van der Waals surface area contributed by atoms with Gasteiger partial charge in [0.2, 0.25) is 21.8 Å². The van der Waals surface area contributed by atoms with Crippen LogP contribution in [0.5, 0.6) is 0 Å². The van der Waals surface area contributed by atoms with E-state index in [0.717, 1.165) is 25.7 Å². The predicted octanol–water partition coefficient (Wildman–Crippen LogP) is 2.14. The Bertz CT molecular complexity index is 639. The number of amides is 2. The Kier molecular flexibility index (Phi) is 16.0. The molecule has 0 unspecified atom stereocenters. The van der Waals surface area contributed by atoms with E-state index in [0.29, 0.717) is 6.42 Å². The molecule has 2 amide bonds. The Morgan fingerprint density at radius 3 is 1.84 bits per heavy atom. The Morgan fingerprint density at radius 1 is 0.903 bits per heavy atom. The maximum absolute atomic E-state index is 12.3. The molecule has 0 bridgehead atoms. The van der Waals surface area contributed by atoms with Crippen molar-refractivity contribution in [1.82, 2.24) is 10.0 Å². The molecule has 0 aliphatic carbocycles. The third kappa shape index (κ3) is 15.7. The van der Waals surface area contributed by atoms with Crippen molar-refractivity contribution in [2.24, 2.45) is 5.73 Å². The van der Waals surface area contributed by atoms with Crippen LogP contribution in [0.3, 0.4) is 0 Å². The lowest BCUT2D eigenvalue weighted by atomic mass is 10.1. The van der Waals surface area contributed by atoms with Crippen LogP contribution < -0.4 is 15.8 Å². The summed E-state index contributed by atoms with van der Waals surface area (Å²) in [5, 5.41) is 2.32. The van der Waals surface area contributed by atoms with Gasteiger partial charge in [0.1, 0.15) is 12.1 Å². The van der Waals surface area contributed by atoms with Crippen LogP contribution in [0.4, 0.5) is 0 Å². The number of primary amides is 1. The number of unbranched alkanes of at least 4 members (excludes halogenated alkanes) is 10. The van der Waals surface area contributed by atoms with Gasteiger partial charge in [0.05, 0.1) is 19.3 Å². The van der Waals surface area contributed by atoms with E-state index in [-0.39, 0.29) is 5.75 Å². The standard InChI is InChI=1S/C21H41N3O6S/c1-4-5-6-7-8-9-10-11-12-13-14-15-31(28,29)24-18(16-19(22)25)20(26)23-17(2)21(27)30-3/h17-18,24H,4-16H2,1-3H3,(H2,22,25)(H,23,26)/t17-,18+/m0/s1. The van der Waals surface area contributed by atoms with Gasteiger partial charge in [-0.3, -0.25) is 9.59 Å². The number of carbonyl (C=O) groups is 3. The van der Waals surface area contributed by atoms with Crippen molar-refractivity contribution in [1.29, 1.82) is 0 Å². The highest BCUT2D eigenvalue weighted by atomic mass is 32.2. The number of methoxy groups -OCH3 is 1. The van der Waals surface area contributed by atoms with Gasteiger partial charge in [-0.15, -0.1) is 0 Å². The van der Waals surface area contributed by atoms with Gasteiger partial charge in [-0.2, -0.15) is 0 Å². The summed E-state index contributed by atoms with van der Waals surface area (Å²) in [6, 6.07) is -2.36. The second-order valence-electron chi connectivity index (χ2n) is 7.95. The van der Waals surface area contributed by atoms with Crippen LogP contribution in [0, 0.1) is 0 Å². The molecule has 4 N–H and O–H groups in total. The van der Waals surface area contributed by atoms with Crippen LogP contribution in [0.2, 0.25) is 0 Å². The van der Waals surface area contributed by atoms with Crippen LogP contribution in [0.25, 0.3) is 0 Å². The number of hydrogen-bond acceptors (Lipinski definition) is 6. The van der Waals surface area contributed by atoms with Gasteiger partial charge in [0.25, 0.3) is 0 Å². The molecule has 0 aromatic rings. The number of ether oxygens (including phenoxy) is 1. The molecule has 31 heavy (non-hydrogen) atoms. The Hall–Kier alpha value is -1.68. The summed E-state index contributed by atoms with van der Waals surface area (Å²) in [5.74, 6) is -2.46. The first-order chi connectivity index (χ1) is 14.6. The van der Waals surface area contributed by atoms with E-state index in [1.165, 1.54) is 52.6 Å². The fraction of sp³-hybridized carbons (Fsp3) is 0.857. The minimum Gasteiger partial charge on any atom is -0.467 e. The van der Waals surface area contributed by atoms with Crippen molar-refractivity contribution in [2.45, 2.75) is 103 Å². The Labute approximate surface area is 187 Å². The van der Waals surface area contributed by atoms with Crippen molar-refractivity contribution in [3.63, 3.8) is 0 Å². The molecule has 0 saturated heterocycles. The van der Waals surface area contributed by atoms with Crippen molar-refractivity contribution in [3.05, 3.63) is 0 Å². The maximum atomic E-state index is 12.3. The predicted molar refractivity (Wildman–Crippen MR) is 121 cm³/mol. The minimum atomic E-state index is -3.78. The highest BCUT2D eigenvalue weighted by molar-refractivity contribution is 7.89. The highest BCUT2D eigenvalue weighted by Crippen LogP contribution is 2.11. The van der Waals surface area contributed by atoms with E-state index >= 15 is 0 Å². The molecule has 0 fully saturated rings. The van der Waals surface area contributed by atoms with Gasteiger partial charge in [0.15, 0.2) is 0 Å². The van der Waals surface area contributed by atoms with Crippen molar-refractivity contribution in [3.8, 4) is 0 Å². The largest absolute Gasteiger partial charge is 0.467 e. The first-order valence-electron chi connectivity index (χ1n) is 11.3. The van der Waals surface area contributed by atoms with Crippen LogP contribution >= 0.6 is 0 Å². The second-order valence-corrected chi connectivity index (χ2v) is 9.82. The van der Waals surface area contributed by atoms with Crippen LogP contribution in [-0.2, 0) is 29.1 Å². The molecule has 0 aromatic heterocycles. The van der Waals surface area contributed by atoms with Gasteiger partial charge in [-0.1, -0.05) is 71.1 Å². The monoisotopic (exact) mass is 463 g/mol. The number of carbonyl (C=O) groups excluding carboxylic acids is 3. The van der Waals surface area contributed by atoms with Gasteiger partial charge in [-0.05, 0) is 13.3 Å². The molecule has 0 radical (unpaired) electrons. The van der Waals surface area contributed by atoms with Crippen molar-refractivity contribution in [2.75, 3.05) is 12.9 Å². The maximum Gasteiger partial charge on any atom is 0.328 e. The SMILES string of the molecule is CCCCCCCCCCCCCS(=O)(=O)N[C@H](CC(N)=O)C(=O)N[C@@H](C)C(=O)OC. The van der Waals surface area contributed by atoms with Gasteiger partial charge < -0.3 is 15.8 Å². The third-order valence-electron chi connectivity index (χ3n) is 4.97. The summed E-state index contributed by atoms with van der Waals surface area (Å²) in [6.07, 6.45) is 11.6. The van der Waals surface area contributed by atoms with E-state index < -0.39 is 46.3 Å². The summed E-state index contributed by atoms with van der Waals surface area (Å²) in [5.41, 5.74) is 5.13. The molecule has 0 aromatic carbocycles. The van der Waals surface area contributed by atoms with E-state index in [1.807, 2.05) is 0 Å². The normalized spacial score (nSPS) is 13.4. The van der Waals surface area contributed by atoms with Crippen molar-refractivity contribution < 1.29 is 27.5 Å². The summed E-state index contributed by atoms with van der Waals surface area (Å²) >= 11 is 0. The molecule has 0 rings (SSSR count). The fourth-order valence-corrected chi connectivity index (χ4v) is 4.50. The third-order valence-corrected chi connectivity index (χ3v) is 6.44. The zero-order valence-corrected chi connectivity index (χ0v) is 20.1. The zero-order chi connectivity index (χ0) is 23.7. The van der Waals surface area contributed by atoms with Crippen molar-refractivity contribution >= 4 is 27.8 Å². The van der Waals surface area contributed by atoms with E-state index in [9.17, 15) is 22.8 Å². The number of sulfonamides is 1. The van der Waals surface area contributed by atoms with E-state index in [4.69, 9.17) is 5.73 Å². The molecule has 10 heteroatoms. The summed E-state index contributed by atoms with van der Waals surface area (Å²) < 4.78 is 31.4. The molecule has 9 nitrogen and oxygen atoms in total. The molecular weight excluding hydrogens is 422 g/mol. The molecular formula is C21H41N3O6S. The van der Waals surface area contributed by atoms with Crippen LogP contribution in [-0.4, -0.2) is 51.1 Å². The van der Waals surface area contributed by atoms with Crippen LogP contribution in [0.1, 0.15) is 90.9 Å². The molecule has 0 saturated carbocycles. The summed E-state index contributed by atoms with van der Waals surface area (Å²) in [4.78, 5) is 35.0. The second kappa shape index (κ2) is 16.9. The number of nitrogens with one attached hydrogen (secondary N) is 2. The summed E-state index contributed by atoms with van der Waals surface area (Å²) in [6.45, 7) is 3.60. The quantitative estimate of drug-likeness (QED) is 0.198. The molecule has 0 aliphatic heterocycles. The lowest BCUT2D eigenvalue weighted by Crippen LogP contribution is -2.52. The average Bonchev–Trinajstić information content (AvgIpc) is 2.70. The van der Waals surface area contributed by atoms with Gasteiger partial charge >= 0.3 is 5.97 Å². The highest BCUT2D eigenvalue weighted by Gasteiger charge is 2.28. The van der Waals surface area contributed by atoms with Gasteiger partial charge in [0, 0.05) is 0 Å². The first kappa shape index (κ1) is 29.3. The number of hydrogen-bond donors (Lipinski definition) is 3. The lowest BCUT2D eigenvalue weighted by Gasteiger charge is -2.19. The molecule has 2 atom stereocenters. The van der Waals surface area contributed by atoms with E-state index in [2.05, 4.69) is 21.7 Å². The lowest BCUT2D eigenvalue weighted by molar-refractivity contribution is -0.144. The smallest absolute Gasteiger partial charge is 0.328 e. The van der Waals surface area contributed by atoms with Gasteiger partial charge in [-0.25, -0.2) is 17.9 Å². The first-order valence-corrected chi connectivity index (χ1v) is 12.9. The molecule has 0 spiro atoms. The summed E-state index contributed by atoms with van der Waals surface area (Å²) in [7, 11) is -2.61. The van der Waals surface area contributed by atoms with E-state index in [1.54, 1.807) is 0 Å². The molecule has 182 valence electrons. The zero-order valence-electron chi connectivity index (χ0n) is 19.3. The fourth-order valence-electron chi connectivity index (χ4n) is 3.17. The Balaban J connectivity index is 4.30. The molecule has 0 aliphatic rings.